The van der Waals surface area contributed by atoms with Crippen LogP contribution in [0.25, 0.3) is 0 Å². The van der Waals surface area contributed by atoms with Gasteiger partial charge in [-0.15, -0.1) is 0 Å². The topological polar surface area (TPSA) is 230 Å². The quantitative estimate of drug-likeness (QED) is 0.254. The molecule has 14 heteroatoms. The Hall–Kier alpha value is -0.276. The van der Waals surface area contributed by atoms with Crippen molar-refractivity contribution in [3.63, 3.8) is 0 Å². The summed E-state index contributed by atoms with van der Waals surface area (Å²) in [6, 6.07) is -0.833. The van der Waals surface area contributed by atoms with Gasteiger partial charge in [0.2, 0.25) is 0 Å². The standard InChI is InChI=1S/CH4N2O.2H2O4S.Ti/c2-1(3)4;2*1-5(2,3)4;/h(H4,2,3,4);2*(H2,1,2,3,4);/q;;;+4/p-4. The third-order valence-electron chi connectivity index (χ3n) is 0. The van der Waals surface area contributed by atoms with Gasteiger partial charge in [0.05, 0.1) is 0 Å². The summed E-state index contributed by atoms with van der Waals surface area (Å²) >= 11 is 0. The van der Waals surface area contributed by atoms with Crippen LogP contribution in [0.5, 0.6) is 0 Å². The van der Waals surface area contributed by atoms with E-state index in [1.807, 2.05) is 0 Å². The Kier molecular flexibility index (Phi) is 16.5. The SMILES string of the molecule is NC(N)=O.O=S(=O)([O-])[O-].O=S(=O)([O-])[O-].[Ti+4]. The number of urea groups is 1. The zero-order chi connectivity index (χ0) is 12.6. The molecule has 15 heavy (non-hydrogen) atoms. The minimum absolute atomic E-state index is 0. The number of carbonyl (C=O) groups excluding carboxylic acids is 1. The molecule has 0 rings (SSSR count). The van der Waals surface area contributed by atoms with E-state index in [1.165, 1.54) is 0 Å². The van der Waals surface area contributed by atoms with Gasteiger partial charge in [0.15, 0.2) is 0 Å². The van der Waals surface area contributed by atoms with E-state index in [9.17, 15) is 0 Å². The molecule has 88 valence electrons. The maximum atomic E-state index is 9.00. The van der Waals surface area contributed by atoms with Gasteiger partial charge in [-0.2, -0.15) is 0 Å². The van der Waals surface area contributed by atoms with E-state index in [0.717, 1.165) is 0 Å². The maximum Gasteiger partial charge on any atom is 4.00 e. The molecule has 0 saturated heterocycles. The van der Waals surface area contributed by atoms with E-state index >= 15 is 0 Å². The summed E-state index contributed by atoms with van der Waals surface area (Å²) in [5, 5.41) is 0. The average Bonchev–Trinajstić information content (AvgIpc) is 1.45. The fourth-order valence-electron chi connectivity index (χ4n) is 0. The first-order chi connectivity index (χ1) is 5.73. The summed E-state index contributed by atoms with van der Waals surface area (Å²) in [6.45, 7) is 0. The summed E-state index contributed by atoms with van der Waals surface area (Å²) in [4.78, 5) is 9.00. The van der Waals surface area contributed by atoms with Crippen molar-refractivity contribution >= 4 is 26.8 Å². The Morgan fingerprint density at radius 3 is 0.800 bits per heavy atom. The second-order valence-corrected chi connectivity index (χ2v) is 2.85. The molecule has 2 amide bonds. The molecule has 0 aliphatic rings. The predicted octanol–water partition coefficient (Wildman–Crippen LogP) is -3.65. The molecule has 0 aliphatic heterocycles. The van der Waals surface area contributed by atoms with E-state index in [0.29, 0.717) is 0 Å². The molecular formula is CH4N2O9S2Ti. The van der Waals surface area contributed by atoms with Gasteiger partial charge in [0.25, 0.3) is 0 Å². The minimum atomic E-state index is -5.17. The van der Waals surface area contributed by atoms with Crippen molar-refractivity contribution in [1.29, 1.82) is 0 Å². The molecule has 0 aromatic rings. The fraction of sp³-hybridized carbons (Fsp3) is 0. The predicted molar refractivity (Wildman–Crippen MR) is 34.7 cm³/mol. The number of hydrogen-bond donors (Lipinski definition) is 2. The van der Waals surface area contributed by atoms with Gasteiger partial charge >= 0.3 is 27.7 Å². The molecule has 4 N–H and O–H groups in total. The van der Waals surface area contributed by atoms with E-state index in [4.69, 9.17) is 39.8 Å². The molecule has 0 unspecified atom stereocenters. The van der Waals surface area contributed by atoms with Gasteiger partial charge in [-0.3, -0.25) is 16.8 Å². The van der Waals surface area contributed by atoms with Gasteiger partial charge in [0.1, 0.15) is 0 Å². The van der Waals surface area contributed by atoms with Crippen molar-refractivity contribution in [2.75, 3.05) is 0 Å². The molecule has 0 fully saturated rings. The van der Waals surface area contributed by atoms with Crippen LogP contribution in [0.3, 0.4) is 0 Å². The van der Waals surface area contributed by atoms with E-state index in [-0.39, 0.29) is 21.7 Å². The Morgan fingerprint density at radius 1 is 0.800 bits per heavy atom. The summed E-state index contributed by atoms with van der Waals surface area (Å²) in [5.41, 5.74) is 8.50. The number of carbonyl (C=O) groups is 1. The van der Waals surface area contributed by atoms with Crippen LogP contribution in [0.1, 0.15) is 0 Å². The molecule has 0 bridgehead atoms. The summed E-state index contributed by atoms with van der Waals surface area (Å²) < 4.78 is 68.2. The summed E-state index contributed by atoms with van der Waals surface area (Å²) in [5.74, 6) is 0. The van der Waals surface area contributed by atoms with Crippen molar-refractivity contribution in [3.8, 4) is 0 Å². The van der Waals surface area contributed by atoms with Crippen LogP contribution < -0.4 is 11.5 Å². The monoisotopic (exact) mass is 300 g/mol. The van der Waals surface area contributed by atoms with E-state index < -0.39 is 26.8 Å². The third-order valence-corrected chi connectivity index (χ3v) is 0. The molecule has 0 atom stereocenters. The van der Waals surface area contributed by atoms with Crippen molar-refractivity contribution in [2.24, 2.45) is 11.5 Å². The van der Waals surface area contributed by atoms with Crippen LogP contribution in [0.2, 0.25) is 0 Å². The van der Waals surface area contributed by atoms with Gasteiger partial charge in [-0.1, -0.05) is 0 Å². The maximum absolute atomic E-state index is 9.00. The molecule has 0 spiro atoms. The Labute approximate surface area is 99.9 Å². The largest absolute Gasteiger partial charge is 4.00 e. The van der Waals surface area contributed by atoms with Crippen molar-refractivity contribution in [1.82, 2.24) is 0 Å². The molecule has 0 aromatic carbocycles. The molecule has 0 aliphatic carbocycles. The molecule has 0 heterocycles. The molecule has 0 saturated carbocycles. The van der Waals surface area contributed by atoms with E-state index in [1.54, 1.807) is 0 Å². The molecular weight excluding hydrogens is 296 g/mol. The molecule has 0 aromatic heterocycles. The smallest absolute Gasteiger partial charge is 0.759 e. The number of hydrogen-bond acceptors (Lipinski definition) is 9. The summed E-state index contributed by atoms with van der Waals surface area (Å²) in [7, 11) is -10.3. The van der Waals surface area contributed by atoms with Crippen LogP contribution in [-0.2, 0) is 42.5 Å². The van der Waals surface area contributed by atoms with Gasteiger partial charge in [0, 0.05) is 20.8 Å². The first-order valence-electron chi connectivity index (χ1n) is 2.11. The number of rotatable bonds is 0. The second kappa shape index (κ2) is 10.2. The number of primary amides is 2. The second-order valence-electron chi connectivity index (χ2n) is 1.22. The fourth-order valence-corrected chi connectivity index (χ4v) is 0. The van der Waals surface area contributed by atoms with E-state index in [2.05, 4.69) is 11.5 Å². The Bertz CT molecular complexity index is 292. The van der Waals surface area contributed by atoms with Crippen LogP contribution in [-0.4, -0.2) is 41.1 Å². The zero-order valence-corrected chi connectivity index (χ0v) is 9.84. The van der Waals surface area contributed by atoms with Crippen LogP contribution >= 0.6 is 0 Å². The minimum Gasteiger partial charge on any atom is -0.759 e. The van der Waals surface area contributed by atoms with Crippen molar-refractivity contribution in [2.45, 2.75) is 0 Å². The zero-order valence-electron chi connectivity index (χ0n) is 6.65. The Morgan fingerprint density at radius 2 is 0.800 bits per heavy atom. The first-order valence-corrected chi connectivity index (χ1v) is 4.78. The molecule has 0 radical (unpaired) electrons. The van der Waals surface area contributed by atoms with Gasteiger partial charge in [-0.25, -0.2) is 4.79 Å². The number of amides is 2. The van der Waals surface area contributed by atoms with Crippen molar-refractivity contribution in [3.05, 3.63) is 0 Å². The van der Waals surface area contributed by atoms with Crippen LogP contribution in [0, 0.1) is 0 Å². The van der Waals surface area contributed by atoms with Crippen LogP contribution in [0.15, 0.2) is 0 Å². The van der Waals surface area contributed by atoms with Crippen LogP contribution in [0.4, 0.5) is 4.79 Å². The van der Waals surface area contributed by atoms with Gasteiger partial charge < -0.3 is 29.7 Å². The molecule has 11 nitrogen and oxygen atoms in total. The van der Waals surface area contributed by atoms with Crippen molar-refractivity contribution < 1.29 is 61.6 Å². The first kappa shape index (κ1) is 24.1. The normalized spacial score (nSPS) is 9.33. The summed E-state index contributed by atoms with van der Waals surface area (Å²) in [6.07, 6.45) is 0. The van der Waals surface area contributed by atoms with Gasteiger partial charge in [-0.05, 0) is 0 Å². The number of nitrogens with two attached hydrogens (primary N) is 2. The Balaban J connectivity index is -0.0000000590. The third kappa shape index (κ3) is 24800. The average molecular weight is 300 g/mol.